The highest BCUT2D eigenvalue weighted by Gasteiger charge is 2.15. The Balaban J connectivity index is 2.16. The van der Waals surface area contributed by atoms with Crippen LogP contribution in [0.1, 0.15) is 18.4 Å². The van der Waals surface area contributed by atoms with Crippen molar-refractivity contribution in [1.29, 1.82) is 0 Å². The number of rotatable bonds is 3. The van der Waals surface area contributed by atoms with Gasteiger partial charge < -0.3 is 10.6 Å². The molecule has 1 aromatic heterocycles. The molecule has 5 heteroatoms. The topological polar surface area (TPSA) is 55.0 Å². The highest BCUT2D eigenvalue weighted by molar-refractivity contribution is 9.10. The highest BCUT2D eigenvalue weighted by atomic mass is 79.9. The van der Waals surface area contributed by atoms with Crippen LogP contribution in [-0.2, 0) is 6.42 Å². The van der Waals surface area contributed by atoms with Crippen molar-refractivity contribution in [3.63, 3.8) is 0 Å². The van der Waals surface area contributed by atoms with Gasteiger partial charge in [-0.25, -0.2) is 9.97 Å². The average Bonchev–Trinajstić information content (AvgIpc) is 2.74. The molecular formula is C10H15BrN4. The van der Waals surface area contributed by atoms with Crippen LogP contribution in [0.15, 0.2) is 10.8 Å². The van der Waals surface area contributed by atoms with Crippen molar-refractivity contribution in [2.24, 2.45) is 5.73 Å². The van der Waals surface area contributed by atoms with E-state index in [1.165, 1.54) is 12.8 Å². The lowest BCUT2D eigenvalue weighted by molar-refractivity contribution is 0.868. The molecule has 1 aromatic rings. The molecule has 1 aliphatic rings. The number of anilines is 1. The molecule has 2 N–H and O–H groups in total. The van der Waals surface area contributed by atoms with Gasteiger partial charge in [-0.15, -0.1) is 0 Å². The third-order valence-electron chi connectivity index (χ3n) is 2.60. The number of halogens is 1. The van der Waals surface area contributed by atoms with Crippen molar-refractivity contribution in [3.05, 3.63) is 16.4 Å². The van der Waals surface area contributed by atoms with Crippen LogP contribution in [0.3, 0.4) is 0 Å². The molecule has 0 saturated carbocycles. The van der Waals surface area contributed by atoms with E-state index >= 15 is 0 Å². The first-order valence-electron chi connectivity index (χ1n) is 5.27. The van der Waals surface area contributed by atoms with Crippen LogP contribution >= 0.6 is 15.9 Å². The summed E-state index contributed by atoms with van der Waals surface area (Å²) in [6.45, 7) is 2.77. The van der Waals surface area contributed by atoms with Gasteiger partial charge in [-0.05, 0) is 41.7 Å². The molecule has 0 amide bonds. The first-order chi connectivity index (χ1) is 7.31. The van der Waals surface area contributed by atoms with E-state index < -0.39 is 0 Å². The Bertz CT molecular complexity index is 336. The van der Waals surface area contributed by atoms with Crippen LogP contribution in [-0.4, -0.2) is 29.6 Å². The Hall–Kier alpha value is -0.680. The summed E-state index contributed by atoms with van der Waals surface area (Å²) >= 11 is 3.46. The van der Waals surface area contributed by atoms with Crippen LogP contribution in [0.4, 0.5) is 5.95 Å². The minimum atomic E-state index is 0.630. The number of aromatic nitrogens is 2. The molecule has 0 atom stereocenters. The third kappa shape index (κ3) is 2.46. The maximum absolute atomic E-state index is 5.50. The molecule has 0 aliphatic carbocycles. The van der Waals surface area contributed by atoms with E-state index in [1.54, 1.807) is 0 Å². The van der Waals surface area contributed by atoms with Gasteiger partial charge in [0.05, 0.1) is 0 Å². The molecule has 0 bridgehead atoms. The first kappa shape index (κ1) is 10.8. The van der Waals surface area contributed by atoms with Gasteiger partial charge in [-0.3, -0.25) is 0 Å². The summed E-state index contributed by atoms with van der Waals surface area (Å²) in [6, 6.07) is 0. The maximum atomic E-state index is 5.50. The van der Waals surface area contributed by atoms with E-state index in [-0.39, 0.29) is 0 Å². The molecule has 0 aromatic carbocycles. The predicted molar refractivity (Wildman–Crippen MR) is 63.9 cm³/mol. The van der Waals surface area contributed by atoms with Crippen molar-refractivity contribution in [2.75, 3.05) is 24.5 Å². The Morgan fingerprint density at radius 3 is 2.73 bits per heavy atom. The van der Waals surface area contributed by atoms with E-state index in [0.717, 1.165) is 35.6 Å². The fraction of sp³-hybridized carbons (Fsp3) is 0.600. The molecule has 2 heterocycles. The Kier molecular flexibility index (Phi) is 3.53. The monoisotopic (exact) mass is 270 g/mol. The van der Waals surface area contributed by atoms with Crippen LogP contribution in [0, 0.1) is 0 Å². The lowest BCUT2D eigenvalue weighted by atomic mass is 10.2. The van der Waals surface area contributed by atoms with Crippen molar-refractivity contribution in [1.82, 2.24) is 9.97 Å². The summed E-state index contributed by atoms with van der Waals surface area (Å²) in [6.07, 6.45) is 5.18. The van der Waals surface area contributed by atoms with Crippen molar-refractivity contribution >= 4 is 21.9 Å². The number of nitrogens with two attached hydrogens (primary N) is 1. The summed E-state index contributed by atoms with van der Waals surface area (Å²) in [5.41, 5.74) is 6.59. The lowest BCUT2D eigenvalue weighted by Gasteiger charge is -2.15. The van der Waals surface area contributed by atoms with Crippen LogP contribution in [0.5, 0.6) is 0 Å². The van der Waals surface area contributed by atoms with E-state index in [1.807, 2.05) is 6.20 Å². The van der Waals surface area contributed by atoms with Gasteiger partial charge in [0, 0.05) is 24.8 Å². The highest BCUT2D eigenvalue weighted by Crippen LogP contribution is 2.20. The van der Waals surface area contributed by atoms with Crippen LogP contribution in [0.2, 0.25) is 0 Å². The third-order valence-corrected chi connectivity index (χ3v) is 3.29. The van der Waals surface area contributed by atoms with E-state index in [2.05, 4.69) is 30.8 Å². The first-order valence-corrected chi connectivity index (χ1v) is 6.07. The van der Waals surface area contributed by atoms with Crippen molar-refractivity contribution in [3.8, 4) is 0 Å². The van der Waals surface area contributed by atoms with E-state index in [4.69, 9.17) is 5.73 Å². The van der Waals surface area contributed by atoms with Crippen molar-refractivity contribution in [2.45, 2.75) is 19.3 Å². The Morgan fingerprint density at radius 1 is 1.40 bits per heavy atom. The second-order valence-electron chi connectivity index (χ2n) is 3.72. The van der Waals surface area contributed by atoms with Crippen LogP contribution in [0.25, 0.3) is 0 Å². The largest absolute Gasteiger partial charge is 0.341 e. The second-order valence-corrected chi connectivity index (χ2v) is 4.47. The van der Waals surface area contributed by atoms with Gasteiger partial charge in [0.2, 0.25) is 5.95 Å². The maximum Gasteiger partial charge on any atom is 0.226 e. The van der Waals surface area contributed by atoms with Crippen LogP contribution < -0.4 is 10.6 Å². The second kappa shape index (κ2) is 4.90. The smallest absolute Gasteiger partial charge is 0.226 e. The lowest BCUT2D eigenvalue weighted by Crippen LogP contribution is -2.20. The zero-order chi connectivity index (χ0) is 10.7. The normalized spacial score (nSPS) is 16.0. The SMILES string of the molecule is NCCc1cnc(N2CCCC2)nc1Br. The molecule has 0 unspecified atom stereocenters. The summed E-state index contributed by atoms with van der Waals surface area (Å²) in [7, 11) is 0. The average molecular weight is 271 g/mol. The zero-order valence-corrected chi connectivity index (χ0v) is 10.2. The minimum absolute atomic E-state index is 0.630. The molecule has 0 spiro atoms. The van der Waals surface area contributed by atoms with Gasteiger partial charge in [-0.1, -0.05) is 0 Å². The summed E-state index contributed by atoms with van der Waals surface area (Å²) in [5.74, 6) is 0.833. The molecule has 1 fully saturated rings. The van der Waals surface area contributed by atoms with E-state index in [9.17, 15) is 0 Å². The fourth-order valence-corrected chi connectivity index (χ4v) is 2.23. The van der Waals surface area contributed by atoms with Gasteiger partial charge in [0.25, 0.3) is 0 Å². The fourth-order valence-electron chi connectivity index (χ4n) is 1.77. The Morgan fingerprint density at radius 2 is 2.13 bits per heavy atom. The molecule has 2 rings (SSSR count). The number of hydrogen-bond donors (Lipinski definition) is 1. The zero-order valence-electron chi connectivity index (χ0n) is 8.62. The molecule has 4 nitrogen and oxygen atoms in total. The standard InChI is InChI=1S/C10H15BrN4/c11-9-8(3-4-12)7-13-10(14-9)15-5-1-2-6-15/h7H,1-6,12H2. The summed E-state index contributed by atoms with van der Waals surface area (Å²) in [4.78, 5) is 11.0. The summed E-state index contributed by atoms with van der Waals surface area (Å²) in [5, 5.41) is 0. The molecule has 1 saturated heterocycles. The van der Waals surface area contributed by atoms with Gasteiger partial charge >= 0.3 is 0 Å². The van der Waals surface area contributed by atoms with Gasteiger partial charge in [0.1, 0.15) is 4.60 Å². The Labute approximate surface area is 98.0 Å². The number of nitrogens with zero attached hydrogens (tertiary/aromatic N) is 3. The molecule has 82 valence electrons. The number of hydrogen-bond acceptors (Lipinski definition) is 4. The van der Waals surface area contributed by atoms with E-state index in [0.29, 0.717) is 6.54 Å². The quantitative estimate of drug-likeness (QED) is 0.843. The van der Waals surface area contributed by atoms with Gasteiger partial charge in [0.15, 0.2) is 0 Å². The van der Waals surface area contributed by atoms with Crippen molar-refractivity contribution < 1.29 is 0 Å². The molecule has 0 radical (unpaired) electrons. The minimum Gasteiger partial charge on any atom is -0.341 e. The molecule has 15 heavy (non-hydrogen) atoms. The molecule has 1 aliphatic heterocycles. The predicted octanol–water partition coefficient (Wildman–Crippen LogP) is 1.34. The molecular weight excluding hydrogens is 256 g/mol. The van der Waals surface area contributed by atoms with Gasteiger partial charge in [-0.2, -0.15) is 0 Å². The summed E-state index contributed by atoms with van der Waals surface area (Å²) < 4.78 is 0.879.